The van der Waals surface area contributed by atoms with Crippen LogP contribution in [0.1, 0.15) is 76.6 Å². The van der Waals surface area contributed by atoms with Crippen LogP contribution >= 0.6 is 11.6 Å². The summed E-state index contributed by atoms with van der Waals surface area (Å²) in [5, 5.41) is 6.10. The van der Waals surface area contributed by atoms with Gasteiger partial charge in [0.05, 0.1) is 10.7 Å². The zero-order valence-electron chi connectivity index (χ0n) is 23.5. The maximum Gasteiger partial charge on any atom is 0.408 e. The monoisotopic (exact) mass is 551 g/mol. The van der Waals surface area contributed by atoms with Crippen molar-refractivity contribution in [2.75, 3.05) is 5.32 Å². The van der Waals surface area contributed by atoms with Gasteiger partial charge in [-0.2, -0.15) is 0 Å². The van der Waals surface area contributed by atoms with Crippen LogP contribution in [0.5, 0.6) is 0 Å². The Morgan fingerprint density at radius 1 is 1.10 bits per heavy atom. The molecule has 3 rings (SSSR count). The van der Waals surface area contributed by atoms with E-state index < -0.39 is 29.7 Å². The molecule has 0 radical (unpaired) electrons. The van der Waals surface area contributed by atoms with E-state index in [1.54, 1.807) is 62.1 Å². The van der Waals surface area contributed by atoms with Gasteiger partial charge in [0.2, 0.25) is 5.91 Å². The third-order valence-electron chi connectivity index (χ3n) is 6.74. The highest BCUT2D eigenvalue weighted by Gasteiger charge is 2.43. The molecule has 2 unspecified atom stereocenters. The smallest absolute Gasteiger partial charge is 0.408 e. The number of nitrogens with one attached hydrogen (secondary N) is 2. The molecule has 0 saturated heterocycles. The Labute approximate surface area is 236 Å². The number of terminal acetylenes is 1. The number of para-hydroxylation sites is 1. The number of benzene rings is 2. The molecule has 2 N–H and O–H groups in total. The molecule has 1 aliphatic carbocycles. The van der Waals surface area contributed by atoms with Crippen molar-refractivity contribution in [2.24, 2.45) is 5.92 Å². The summed E-state index contributed by atoms with van der Waals surface area (Å²) in [6, 6.07) is 10.3. The molecule has 208 valence electrons. The number of carbonyl (C=O) groups excluding carboxylic acids is 3. The predicted octanol–water partition coefficient (Wildman–Crippen LogP) is 6.24. The molecule has 0 spiro atoms. The van der Waals surface area contributed by atoms with Crippen LogP contribution in [0.3, 0.4) is 0 Å². The average Bonchev–Trinajstić information content (AvgIpc) is 2.82. The Bertz CT molecular complexity index is 1240. The number of amides is 3. The lowest BCUT2D eigenvalue weighted by atomic mass is 9.86. The first-order valence-corrected chi connectivity index (χ1v) is 13.6. The quantitative estimate of drug-likeness (QED) is 0.380. The summed E-state index contributed by atoms with van der Waals surface area (Å²) in [6.07, 6.45) is 7.54. The van der Waals surface area contributed by atoms with Gasteiger partial charge >= 0.3 is 6.09 Å². The number of carbonyl (C=O) groups is 3. The van der Waals surface area contributed by atoms with Gasteiger partial charge < -0.3 is 20.3 Å². The van der Waals surface area contributed by atoms with Gasteiger partial charge in [0.1, 0.15) is 17.7 Å². The number of aryl methyl sites for hydroxylation is 1. The number of anilines is 1. The summed E-state index contributed by atoms with van der Waals surface area (Å²) in [6.45, 7) is 10.8. The lowest BCUT2D eigenvalue weighted by molar-refractivity contribution is -0.146. The van der Waals surface area contributed by atoms with Gasteiger partial charge in [0, 0.05) is 11.6 Å². The first kappa shape index (κ1) is 30.0. The van der Waals surface area contributed by atoms with Crippen LogP contribution < -0.4 is 10.6 Å². The number of alkyl carbamates (subject to hydrolysis) is 1. The second-order valence-corrected chi connectivity index (χ2v) is 11.7. The van der Waals surface area contributed by atoms with Gasteiger partial charge in [0.25, 0.3) is 5.91 Å². The lowest BCUT2D eigenvalue weighted by Crippen LogP contribution is -2.58. The molecule has 2 aromatic rings. The van der Waals surface area contributed by atoms with Crippen molar-refractivity contribution in [3.63, 3.8) is 0 Å². The zero-order chi connectivity index (χ0) is 28.9. The van der Waals surface area contributed by atoms with Crippen LogP contribution in [-0.4, -0.2) is 40.5 Å². The van der Waals surface area contributed by atoms with Crippen molar-refractivity contribution < 1.29 is 19.1 Å². The van der Waals surface area contributed by atoms with Crippen LogP contribution in [0.2, 0.25) is 5.02 Å². The van der Waals surface area contributed by atoms with Crippen LogP contribution in [0.15, 0.2) is 42.5 Å². The molecule has 0 aliphatic heterocycles. The Kier molecular flexibility index (Phi) is 9.68. The van der Waals surface area contributed by atoms with Crippen molar-refractivity contribution in [3.05, 3.63) is 64.2 Å². The minimum atomic E-state index is -1.05. The Balaban J connectivity index is 2.10. The topological polar surface area (TPSA) is 87.7 Å². The molecule has 7 nitrogen and oxygen atoms in total. The number of ether oxygens (including phenoxy) is 1. The Hall–Kier alpha value is -3.50. The fourth-order valence-corrected chi connectivity index (χ4v) is 4.83. The first-order valence-electron chi connectivity index (χ1n) is 13.3. The summed E-state index contributed by atoms with van der Waals surface area (Å²) in [7, 11) is 0. The lowest BCUT2D eigenvalue weighted by Gasteiger charge is -2.44. The summed E-state index contributed by atoms with van der Waals surface area (Å²) in [5.74, 6) is 1.58. The van der Waals surface area contributed by atoms with Crippen molar-refractivity contribution in [3.8, 4) is 12.3 Å². The van der Waals surface area contributed by atoms with Crippen LogP contribution in [0.25, 0.3) is 0 Å². The van der Waals surface area contributed by atoms with Crippen molar-refractivity contribution in [2.45, 2.75) is 84.5 Å². The van der Waals surface area contributed by atoms with Crippen molar-refractivity contribution in [1.29, 1.82) is 0 Å². The van der Waals surface area contributed by atoms with E-state index in [1.807, 2.05) is 26.8 Å². The second kappa shape index (κ2) is 12.6. The molecule has 1 saturated carbocycles. The molecular weight excluding hydrogens is 514 g/mol. The summed E-state index contributed by atoms with van der Waals surface area (Å²) in [4.78, 5) is 42.8. The molecule has 8 heteroatoms. The number of hydrogen-bond acceptors (Lipinski definition) is 4. The standard InChI is InChI=1S/C31H38ClN3O4/c1-8-21-14-9-10-17-23(21)27(28(36)33-26-20(4)13-11-18-24(26)32)35(22-15-12-16-22)29(37)25(19(2)3)34-30(38)39-31(5,6)7/h1,9-11,13-14,17-19,22,25,27H,12,15-16H2,2-7H3,(H,33,36)(H,34,38). The first-order chi connectivity index (χ1) is 18.3. The van der Waals surface area contributed by atoms with E-state index in [1.165, 1.54) is 0 Å². The minimum absolute atomic E-state index is 0.201. The van der Waals surface area contributed by atoms with E-state index in [2.05, 4.69) is 16.6 Å². The van der Waals surface area contributed by atoms with Crippen LogP contribution in [-0.2, 0) is 14.3 Å². The summed E-state index contributed by atoms with van der Waals surface area (Å²) < 4.78 is 5.44. The molecule has 0 aromatic heterocycles. The van der Waals surface area contributed by atoms with E-state index in [4.69, 9.17) is 22.8 Å². The molecule has 1 aliphatic rings. The number of nitrogens with zero attached hydrogens (tertiary/aromatic N) is 1. The minimum Gasteiger partial charge on any atom is -0.444 e. The second-order valence-electron chi connectivity index (χ2n) is 11.3. The maximum absolute atomic E-state index is 14.3. The van der Waals surface area contributed by atoms with E-state index in [9.17, 15) is 14.4 Å². The Morgan fingerprint density at radius 3 is 2.31 bits per heavy atom. The van der Waals surface area contributed by atoms with Crippen molar-refractivity contribution >= 4 is 35.2 Å². The molecule has 0 heterocycles. The number of rotatable bonds is 8. The summed E-state index contributed by atoms with van der Waals surface area (Å²) >= 11 is 6.44. The highest BCUT2D eigenvalue weighted by molar-refractivity contribution is 6.34. The fourth-order valence-electron chi connectivity index (χ4n) is 4.56. The highest BCUT2D eigenvalue weighted by Crippen LogP contribution is 2.37. The van der Waals surface area contributed by atoms with Gasteiger partial charge in [-0.1, -0.05) is 61.7 Å². The Morgan fingerprint density at radius 2 is 1.77 bits per heavy atom. The van der Waals surface area contributed by atoms with Gasteiger partial charge in [-0.25, -0.2) is 4.79 Å². The third-order valence-corrected chi connectivity index (χ3v) is 7.05. The van der Waals surface area contributed by atoms with Gasteiger partial charge in [-0.15, -0.1) is 6.42 Å². The zero-order valence-corrected chi connectivity index (χ0v) is 24.3. The van der Waals surface area contributed by atoms with E-state index in [0.29, 0.717) is 21.8 Å². The predicted molar refractivity (Wildman–Crippen MR) is 154 cm³/mol. The highest BCUT2D eigenvalue weighted by atomic mass is 35.5. The molecule has 2 atom stereocenters. The number of hydrogen-bond donors (Lipinski definition) is 2. The van der Waals surface area contributed by atoms with E-state index in [-0.39, 0.29) is 17.9 Å². The molecule has 0 bridgehead atoms. The number of halogens is 1. The largest absolute Gasteiger partial charge is 0.444 e. The van der Waals surface area contributed by atoms with E-state index >= 15 is 0 Å². The van der Waals surface area contributed by atoms with Crippen LogP contribution in [0.4, 0.5) is 10.5 Å². The van der Waals surface area contributed by atoms with Crippen LogP contribution in [0, 0.1) is 25.2 Å². The molecule has 2 aromatic carbocycles. The van der Waals surface area contributed by atoms with Gasteiger partial charge in [-0.05, 0) is 76.1 Å². The average molecular weight is 552 g/mol. The van der Waals surface area contributed by atoms with Gasteiger partial charge in [-0.3, -0.25) is 9.59 Å². The van der Waals surface area contributed by atoms with Crippen molar-refractivity contribution in [1.82, 2.24) is 10.2 Å². The third kappa shape index (κ3) is 7.33. The molecular formula is C31H38ClN3O4. The molecule has 1 fully saturated rings. The molecule has 39 heavy (non-hydrogen) atoms. The van der Waals surface area contributed by atoms with Gasteiger partial charge in [0.15, 0.2) is 0 Å². The maximum atomic E-state index is 14.3. The van der Waals surface area contributed by atoms with E-state index in [0.717, 1.165) is 24.8 Å². The summed E-state index contributed by atoms with van der Waals surface area (Å²) in [5.41, 5.74) is 1.56. The SMILES string of the molecule is C#Cc1ccccc1C(C(=O)Nc1c(C)cccc1Cl)N(C(=O)C(NC(=O)OC(C)(C)C)C(C)C)C1CCC1. The fraction of sp³-hybridized carbons (Fsp3) is 0.452. The molecule has 3 amide bonds. The normalized spacial score (nSPS) is 14.9.